The third-order valence-electron chi connectivity index (χ3n) is 5.81. The number of aromatic nitrogens is 4. The molecule has 30 heavy (non-hydrogen) atoms. The highest BCUT2D eigenvalue weighted by molar-refractivity contribution is 6.35. The molecule has 4 heterocycles. The molecular weight excluding hydrogens is 425 g/mol. The van der Waals surface area contributed by atoms with E-state index in [0.717, 1.165) is 61.4 Å². The van der Waals surface area contributed by atoms with E-state index in [1.54, 1.807) is 30.7 Å². The molecule has 2 saturated heterocycles. The summed E-state index contributed by atoms with van der Waals surface area (Å²) < 4.78 is 0. The van der Waals surface area contributed by atoms with Crippen LogP contribution in [0.15, 0.2) is 30.7 Å². The van der Waals surface area contributed by atoms with Gasteiger partial charge in [0.15, 0.2) is 5.65 Å². The van der Waals surface area contributed by atoms with Gasteiger partial charge in [0.05, 0.1) is 11.6 Å². The Bertz CT molecular complexity index is 1070. The first-order valence-electron chi connectivity index (χ1n) is 10.0. The van der Waals surface area contributed by atoms with Crippen molar-refractivity contribution in [1.29, 1.82) is 0 Å². The molecule has 1 amide bonds. The standard InChI is InChI=1S/C20H21Cl2N7O/c21-12-6-13(22)8-14(7-12)26-17-3-5-29(20(17)30)15-2-1-4-28(10-15)19-16-9-25-27-18(16)23-11-24-19/h6-9,11,15,17,26H,1-5,10H2,(H,23,24,25,27)/t15-,17-/m1/s1. The fraction of sp³-hybridized carbons (Fsp3) is 0.400. The van der Waals surface area contributed by atoms with E-state index < -0.39 is 0 Å². The number of halogens is 2. The Labute approximate surface area is 183 Å². The predicted molar refractivity (Wildman–Crippen MR) is 117 cm³/mol. The fourth-order valence-corrected chi connectivity index (χ4v) is 4.97. The largest absolute Gasteiger partial charge is 0.374 e. The molecule has 10 heteroatoms. The lowest BCUT2D eigenvalue weighted by molar-refractivity contribution is -0.130. The van der Waals surface area contributed by atoms with Crippen LogP contribution >= 0.6 is 23.2 Å². The van der Waals surface area contributed by atoms with Crippen LogP contribution in [0, 0.1) is 0 Å². The summed E-state index contributed by atoms with van der Waals surface area (Å²) in [5.41, 5.74) is 1.49. The van der Waals surface area contributed by atoms with Gasteiger partial charge in [-0.15, -0.1) is 0 Å². The number of nitrogens with one attached hydrogen (secondary N) is 2. The monoisotopic (exact) mass is 445 g/mol. The van der Waals surface area contributed by atoms with Crippen molar-refractivity contribution in [2.24, 2.45) is 0 Å². The third-order valence-corrected chi connectivity index (χ3v) is 6.24. The molecule has 0 unspecified atom stereocenters. The molecule has 0 saturated carbocycles. The van der Waals surface area contributed by atoms with Crippen LogP contribution in [-0.4, -0.2) is 62.7 Å². The number of amides is 1. The quantitative estimate of drug-likeness (QED) is 0.639. The van der Waals surface area contributed by atoms with Crippen molar-refractivity contribution in [2.45, 2.75) is 31.3 Å². The van der Waals surface area contributed by atoms with Gasteiger partial charge in [0, 0.05) is 41.4 Å². The molecule has 156 valence electrons. The Hall–Kier alpha value is -2.58. The number of fused-ring (bicyclic) bond motifs is 1. The molecule has 2 aromatic heterocycles. The number of aromatic amines is 1. The molecule has 2 N–H and O–H groups in total. The van der Waals surface area contributed by atoms with Gasteiger partial charge in [-0.25, -0.2) is 9.97 Å². The number of rotatable bonds is 4. The molecule has 2 atom stereocenters. The molecule has 1 aromatic carbocycles. The van der Waals surface area contributed by atoms with Crippen LogP contribution in [0.4, 0.5) is 11.5 Å². The SMILES string of the molecule is O=C1[C@H](Nc2cc(Cl)cc(Cl)c2)CCN1[C@@H]1CCCN(c2ncnc3[nH]ncc23)C1. The maximum absolute atomic E-state index is 13.1. The van der Waals surface area contributed by atoms with Gasteiger partial charge in [-0.05, 0) is 37.5 Å². The Kier molecular flexibility index (Phi) is 5.12. The van der Waals surface area contributed by atoms with Crippen molar-refractivity contribution < 1.29 is 4.79 Å². The van der Waals surface area contributed by atoms with Gasteiger partial charge in [-0.1, -0.05) is 23.2 Å². The molecule has 3 aromatic rings. The summed E-state index contributed by atoms with van der Waals surface area (Å²) in [5, 5.41) is 12.3. The number of carbonyl (C=O) groups is 1. The molecule has 0 aliphatic carbocycles. The van der Waals surface area contributed by atoms with E-state index in [0.29, 0.717) is 10.0 Å². The highest BCUT2D eigenvalue weighted by Crippen LogP contribution is 2.29. The zero-order valence-corrected chi connectivity index (χ0v) is 17.7. The lowest BCUT2D eigenvalue weighted by Gasteiger charge is -2.38. The van der Waals surface area contributed by atoms with E-state index in [-0.39, 0.29) is 18.0 Å². The topological polar surface area (TPSA) is 90.0 Å². The molecule has 0 bridgehead atoms. The zero-order valence-electron chi connectivity index (χ0n) is 16.2. The van der Waals surface area contributed by atoms with Gasteiger partial charge in [-0.3, -0.25) is 9.89 Å². The summed E-state index contributed by atoms with van der Waals surface area (Å²) in [6.45, 7) is 2.38. The minimum absolute atomic E-state index is 0.120. The highest BCUT2D eigenvalue weighted by atomic mass is 35.5. The lowest BCUT2D eigenvalue weighted by atomic mass is 10.0. The number of piperidine rings is 1. The Morgan fingerprint density at radius 2 is 1.93 bits per heavy atom. The number of H-pyrrole nitrogens is 1. The Morgan fingerprint density at radius 1 is 1.10 bits per heavy atom. The first-order valence-corrected chi connectivity index (χ1v) is 10.8. The molecule has 8 nitrogen and oxygen atoms in total. The summed E-state index contributed by atoms with van der Waals surface area (Å²) in [6, 6.07) is 5.14. The van der Waals surface area contributed by atoms with E-state index in [4.69, 9.17) is 23.2 Å². The smallest absolute Gasteiger partial charge is 0.245 e. The molecule has 2 aliphatic heterocycles. The number of anilines is 2. The van der Waals surface area contributed by atoms with Crippen molar-refractivity contribution in [3.05, 3.63) is 40.8 Å². The molecule has 0 spiro atoms. The summed E-state index contributed by atoms with van der Waals surface area (Å²) in [4.78, 5) is 26.1. The van der Waals surface area contributed by atoms with E-state index in [9.17, 15) is 4.79 Å². The first kappa shape index (κ1) is 19.4. The van der Waals surface area contributed by atoms with E-state index in [1.165, 1.54) is 0 Å². The van der Waals surface area contributed by atoms with Crippen molar-refractivity contribution >= 4 is 51.6 Å². The van der Waals surface area contributed by atoms with Crippen LogP contribution in [0.5, 0.6) is 0 Å². The molecule has 0 radical (unpaired) electrons. The maximum atomic E-state index is 13.1. The average molecular weight is 446 g/mol. The fourth-order valence-electron chi connectivity index (χ4n) is 4.44. The molecular formula is C20H21Cl2N7O. The molecule has 5 rings (SSSR count). The Balaban J connectivity index is 1.30. The van der Waals surface area contributed by atoms with Crippen LogP contribution in [0.25, 0.3) is 11.0 Å². The third kappa shape index (κ3) is 3.65. The van der Waals surface area contributed by atoms with Gasteiger partial charge in [0.25, 0.3) is 0 Å². The van der Waals surface area contributed by atoms with Gasteiger partial charge < -0.3 is 15.1 Å². The zero-order chi connectivity index (χ0) is 20.7. The molecule has 2 aliphatic rings. The number of hydrogen-bond acceptors (Lipinski definition) is 6. The van der Waals surface area contributed by atoms with Crippen LogP contribution in [0.3, 0.4) is 0 Å². The molecule has 2 fully saturated rings. The van der Waals surface area contributed by atoms with E-state index in [2.05, 4.69) is 30.4 Å². The normalized spacial score (nSPS) is 22.1. The van der Waals surface area contributed by atoms with Crippen LogP contribution in [0.1, 0.15) is 19.3 Å². The number of carbonyl (C=O) groups excluding carboxylic acids is 1. The summed E-state index contributed by atoms with van der Waals surface area (Å²) in [5.74, 6) is 0.988. The average Bonchev–Trinajstić information content (AvgIpc) is 3.34. The van der Waals surface area contributed by atoms with Crippen LogP contribution in [-0.2, 0) is 4.79 Å². The maximum Gasteiger partial charge on any atom is 0.245 e. The second-order valence-corrected chi connectivity index (χ2v) is 8.62. The number of nitrogens with zero attached hydrogens (tertiary/aromatic N) is 5. The lowest BCUT2D eigenvalue weighted by Crippen LogP contribution is -2.50. The second kappa shape index (κ2) is 7.92. The van der Waals surface area contributed by atoms with Gasteiger partial charge in [0.2, 0.25) is 5.91 Å². The van der Waals surface area contributed by atoms with Gasteiger partial charge >= 0.3 is 0 Å². The second-order valence-electron chi connectivity index (χ2n) is 7.75. The Morgan fingerprint density at radius 3 is 2.77 bits per heavy atom. The van der Waals surface area contributed by atoms with E-state index in [1.807, 2.05) is 4.90 Å². The minimum atomic E-state index is -0.269. The highest BCUT2D eigenvalue weighted by Gasteiger charge is 2.38. The summed E-state index contributed by atoms with van der Waals surface area (Å²) in [7, 11) is 0. The number of benzene rings is 1. The van der Waals surface area contributed by atoms with Crippen LogP contribution < -0.4 is 10.2 Å². The van der Waals surface area contributed by atoms with Crippen LogP contribution in [0.2, 0.25) is 10.0 Å². The van der Waals surface area contributed by atoms with Crippen molar-refractivity contribution in [2.75, 3.05) is 29.9 Å². The van der Waals surface area contributed by atoms with Gasteiger partial charge in [0.1, 0.15) is 18.2 Å². The first-order chi connectivity index (χ1) is 14.6. The summed E-state index contributed by atoms with van der Waals surface area (Å²) in [6.07, 6.45) is 6.04. The number of likely N-dealkylation sites (tertiary alicyclic amines) is 1. The number of hydrogen-bond donors (Lipinski definition) is 2. The van der Waals surface area contributed by atoms with Crippen molar-refractivity contribution in [3.8, 4) is 0 Å². The van der Waals surface area contributed by atoms with Gasteiger partial charge in [-0.2, -0.15) is 5.10 Å². The van der Waals surface area contributed by atoms with Crippen molar-refractivity contribution in [1.82, 2.24) is 25.1 Å². The van der Waals surface area contributed by atoms with Crippen molar-refractivity contribution in [3.63, 3.8) is 0 Å². The minimum Gasteiger partial charge on any atom is -0.374 e. The predicted octanol–water partition coefficient (Wildman–Crippen LogP) is 3.34. The van der Waals surface area contributed by atoms with E-state index >= 15 is 0 Å². The summed E-state index contributed by atoms with van der Waals surface area (Å²) >= 11 is 12.2.